The second kappa shape index (κ2) is 5.34. The normalized spacial score (nSPS) is 13.5. The van der Waals surface area contributed by atoms with Gasteiger partial charge < -0.3 is 10.6 Å². The summed E-state index contributed by atoms with van der Waals surface area (Å²) >= 11 is 3.34. The third-order valence-corrected chi connectivity index (χ3v) is 3.55. The topological polar surface area (TPSA) is 64.9 Å². The van der Waals surface area contributed by atoms with E-state index in [1.165, 1.54) is 0 Å². The van der Waals surface area contributed by atoms with Crippen molar-refractivity contribution in [2.75, 3.05) is 18.4 Å². The van der Waals surface area contributed by atoms with Crippen LogP contribution in [0.15, 0.2) is 33.8 Å². The first-order valence-corrected chi connectivity index (χ1v) is 6.31. The maximum Gasteiger partial charge on any atom is 0.251 e. The first-order valence-electron chi connectivity index (χ1n) is 5.52. The number of carbonyl (C=O) groups is 1. The van der Waals surface area contributed by atoms with E-state index in [-0.39, 0.29) is 5.91 Å². The van der Waals surface area contributed by atoms with E-state index >= 15 is 0 Å². The Morgan fingerprint density at radius 2 is 2.22 bits per heavy atom. The average molecular weight is 306 g/mol. The van der Waals surface area contributed by atoms with Gasteiger partial charge in [-0.1, -0.05) is 0 Å². The molecule has 4 nitrogen and oxygen atoms in total. The third kappa shape index (κ3) is 2.61. The van der Waals surface area contributed by atoms with Crippen molar-refractivity contribution in [2.45, 2.75) is 6.92 Å². The number of nitrogens with one attached hydrogen (secondary N) is 2. The Morgan fingerprint density at radius 1 is 1.50 bits per heavy atom. The molecule has 2 rings (SSSR count). The number of benzene rings is 1. The van der Waals surface area contributed by atoms with Gasteiger partial charge in [0, 0.05) is 23.1 Å². The van der Waals surface area contributed by atoms with Crippen LogP contribution in [0.2, 0.25) is 0 Å². The van der Waals surface area contributed by atoms with E-state index in [9.17, 15) is 4.79 Å². The minimum atomic E-state index is -0.100. The van der Waals surface area contributed by atoms with Crippen molar-refractivity contribution in [1.82, 2.24) is 5.32 Å². The lowest BCUT2D eigenvalue weighted by atomic mass is 10.0. The van der Waals surface area contributed by atoms with Gasteiger partial charge in [0.25, 0.3) is 5.91 Å². The highest BCUT2D eigenvalue weighted by atomic mass is 79.9. The molecule has 1 aliphatic heterocycles. The zero-order chi connectivity index (χ0) is 13.1. The average Bonchev–Trinajstić information content (AvgIpc) is 2.29. The van der Waals surface area contributed by atoms with E-state index in [2.05, 4.69) is 26.6 Å². The third-order valence-electron chi connectivity index (χ3n) is 2.89. The van der Waals surface area contributed by atoms with Crippen LogP contribution in [-0.2, 0) is 4.79 Å². The molecule has 0 bridgehead atoms. The van der Waals surface area contributed by atoms with Crippen molar-refractivity contribution in [3.8, 4) is 6.07 Å². The zero-order valence-corrected chi connectivity index (χ0v) is 11.5. The van der Waals surface area contributed by atoms with E-state index in [4.69, 9.17) is 5.26 Å². The summed E-state index contributed by atoms with van der Waals surface area (Å²) < 4.78 is 0.708. The van der Waals surface area contributed by atoms with Gasteiger partial charge in [-0.2, -0.15) is 5.26 Å². The van der Waals surface area contributed by atoms with Crippen molar-refractivity contribution in [3.63, 3.8) is 0 Å². The van der Waals surface area contributed by atoms with E-state index in [0.717, 1.165) is 24.2 Å². The van der Waals surface area contributed by atoms with Crippen molar-refractivity contribution >= 4 is 27.5 Å². The van der Waals surface area contributed by atoms with E-state index in [1.807, 2.05) is 13.0 Å². The fourth-order valence-corrected chi connectivity index (χ4v) is 2.06. The Balaban J connectivity index is 2.15. The summed E-state index contributed by atoms with van der Waals surface area (Å²) in [6.45, 7) is 3.39. The highest BCUT2D eigenvalue weighted by molar-refractivity contribution is 9.10. The Kier molecular flexibility index (Phi) is 3.80. The van der Waals surface area contributed by atoms with Gasteiger partial charge in [0.2, 0.25) is 0 Å². The number of hydrogen-bond acceptors (Lipinski definition) is 3. The SMILES string of the molecule is CC(C(=O)Nc1ccc(C#N)cc1Br)=C1CNC1. The second-order valence-corrected chi connectivity index (χ2v) is 4.95. The minimum absolute atomic E-state index is 0.100. The molecule has 5 heteroatoms. The smallest absolute Gasteiger partial charge is 0.251 e. The number of hydrogen-bond donors (Lipinski definition) is 2. The molecule has 0 atom stereocenters. The Bertz CT molecular complexity index is 566. The number of rotatable bonds is 2. The lowest BCUT2D eigenvalue weighted by Crippen LogP contribution is -2.36. The molecule has 1 heterocycles. The Morgan fingerprint density at radius 3 is 2.72 bits per heavy atom. The molecule has 2 N–H and O–H groups in total. The standard InChI is InChI=1S/C13H12BrN3O/c1-8(10-6-16-7-10)13(18)17-12-3-2-9(5-15)4-11(12)14/h2-4,16H,6-7H2,1H3,(H,17,18). The molecule has 0 radical (unpaired) electrons. The number of halogens is 1. The van der Waals surface area contributed by atoms with Gasteiger partial charge in [0.15, 0.2) is 0 Å². The summed E-state index contributed by atoms with van der Waals surface area (Å²) in [7, 11) is 0. The fourth-order valence-electron chi connectivity index (χ4n) is 1.58. The fraction of sp³-hybridized carbons (Fsp3) is 0.231. The number of nitriles is 1. The van der Waals surface area contributed by atoms with Crippen LogP contribution in [0.3, 0.4) is 0 Å². The van der Waals surface area contributed by atoms with Gasteiger partial charge in [-0.15, -0.1) is 0 Å². The van der Waals surface area contributed by atoms with Crippen molar-refractivity contribution in [2.24, 2.45) is 0 Å². The number of carbonyl (C=O) groups excluding carboxylic acids is 1. The summed E-state index contributed by atoms with van der Waals surface area (Å²) in [5, 5.41) is 14.7. The quantitative estimate of drug-likeness (QED) is 0.823. The van der Waals surface area contributed by atoms with Gasteiger partial charge >= 0.3 is 0 Å². The molecule has 1 amide bonds. The Hall–Kier alpha value is -1.64. The molecule has 1 fully saturated rings. The minimum Gasteiger partial charge on any atom is -0.321 e. The molecule has 0 saturated carbocycles. The summed E-state index contributed by atoms with van der Waals surface area (Å²) in [6.07, 6.45) is 0. The number of amides is 1. The van der Waals surface area contributed by atoms with Crippen LogP contribution in [0, 0.1) is 11.3 Å². The first-order chi connectivity index (χ1) is 8.61. The van der Waals surface area contributed by atoms with Crippen LogP contribution in [-0.4, -0.2) is 19.0 Å². The molecule has 92 valence electrons. The summed E-state index contributed by atoms with van der Waals surface area (Å²) in [5.74, 6) is -0.100. The van der Waals surface area contributed by atoms with Crippen LogP contribution in [0.25, 0.3) is 0 Å². The van der Waals surface area contributed by atoms with Crippen molar-refractivity contribution in [1.29, 1.82) is 5.26 Å². The largest absolute Gasteiger partial charge is 0.321 e. The van der Waals surface area contributed by atoms with Gasteiger partial charge in [-0.05, 0) is 46.6 Å². The molecular weight excluding hydrogens is 294 g/mol. The van der Waals surface area contributed by atoms with E-state index < -0.39 is 0 Å². The Labute approximate surface area is 114 Å². The maximum atomic E-state index is 12.0. The van der Waals surface area contributed by atoms with Crippen LogP contribution in [0.5, 0.6) is 0 Å². The predicted octanol–water partition coefficient (Wildman–Crippen LogP) is 2.18. The van der Waals surface area contributed by atoms with Gasteiger partial charge in [-0.25, -0.2) is 0 Å². The molecule has 1 aromatic carbocycles. The molecule has 1 aliphatic rings. The molecule has 0 spiro atoms. The second-order valence-electron chi connectivity index (χ2n) is 4.09. The molecular formula is C13H12BrN3O. The number of nitrogens with zero attached hydrogens (tertiary/aromatic N) is 1. The monoisotopic (exact) mass is 305 g/mol. The molecule has 0 aliphatic carbocycles. The molecule has 0 aromatic heterocycles. The molecule has 1 saturated heterocycles. The lowest BCUT2D eigenvalue weighted by molar-refractivity contribution is -0.112. The number of anilines is 1. The van der Waals surface area contributed by atoms with Crippen LogP contribution >= 0.6 is 15.9 Å². The highest BCUT2D eigenvalue weighted by Crippen LogP contribution is 2.24. The predicted molar refractivity (Wildman–Crippen MR) is 73.1 cm³/mol. The molecule has 1 aromatic rings. The zero-order valence-electron chi connectivity index (χ0n) is 9.88. The first kappa shape index (κ1) is 12.8. The lowest BCUT2D eigenvalue weighted by Gasteiger charge is -2.21. The summed E-state index contributed by atoms with van der Waals surface area (Å²) in [4.78, 5) is 12.0. The van der Waals surface area contributed by atoms with Gasteiger partial charge in [0.05, 0.1) is 17.3 Å². The van der Waals surface area contributed by atoms with E-state index in [0.29, 0.717) is 15.7 Å². The van der Waals surface area contributed by atoms with Crippen LogP contribution in [0.4, 0.5) is 5.69 Å². The highest BCUT2D eigenvalue weighted by Gasteiger charge is 2.16. The van der Waals surface area contributed by atoms with Crippen molar-refractivity contribution < 1.29 is 4.79 Å². The van der Waals surface area contributed by atoms with Gasteiger partial charge in [0.1, 0.15) is 0 Å². The van der Waals surface area contributed by atoms with E-state index in [1.54, 1.807) is 18.2 Å². The maximum absolute atomic E-state index is 12.0. The van der Waals surface area contributed by atoms with Crippen LogP contribution in [0.1, 0.15) is 12.5 Å². The van der Waals surface area contributed by atoms with Crippen LogP contribution < -0.4 is 10.6 Å². The van der Waals surface area contributed by atoms with Crippen molar-refractivity contribution in [3.05, 3.63) is 39.4 Å². The van der Waals surface area contributed by atoms with Gasteiger partial charge in [-0.3, -0.25) is 4.79 Å². The molecule has 0 unspecified atom stereocenters. The summed E-state index contributed by atoms with van der Waals surface area (Å²) in [6, 6.07) is 7.12. The summed E-state index contributed by atoms with van der Waals surface area (Å²) in [5.41, 5.74) is 3.12. The molecule has 18 heavy (non-hydrogen) atoms.